The van der Waals surface area contributed by atoms with Crippen molar-refractivity contribution in [1.29, 1.82) is 0 Å². The van der Waals surface area contributed by atoms with Crippen LogP contribution in [0.25, 0.3) is 0 Å². The molecule has 7 heteroatoms. The van der Waals surface area contributed by atoms with E-state index in [1.54, 1.807) is 25.1 Å². The molecule has 5 nitrogen and oxygen atoms in total. The molecule has 0 aliphatic heterocycles. The van der Waals surface area contributed by atoms with Gasteiger partial charge in [-0.05, 0) is 36.8 Å². The van der Waals surface area contributed by atoms with Crippen LogP contribution in [0.15, 0.2) is 45.9 Å². The number of sulfonamides is 1. The Morgan fingerprint density at radius 1 is 1.33 bits per heavy atom. The Hall–Kier alpha value is -1.34. The second kappa shape index (κ2) is 6.19. The molecule has 0 aliphatic carbocycles. The van der Waals surface area contributed by atoms with Gasteiger partial charge < -0.3 is 9.52 Å². The average Bonchev–Trinajstić information content (AvgIpc) is 2.95. The highest BCUT2D eigenvalue weighted by Crippen LogP contribution is 2.28. The Bertz CT molecular complexity index is 726. The molecule has 114 valence electrons. The highest BCUT2D eigenvalue weighted by molar-refractivity contribution is 7.89. The van der Waals surface area contributed by atoms with E-state index >= 15 is 0 Å². The van der Waals surface area contributed by atoms with Crippen LogP contribution < -0.4 is 0 Å². The van der Waals surface area contributed by atoms with Gasteiger partial charge in [-0.2, -0.15) is 4.31 Å². The second-order valence-corrected chi connectivity index (χ2v) is 7.00. The molecule has 2 aromatic rings. The summed E-state index contributed by atoms with van der Waals surface area (Å²) in [6, 6.07) is 9.39. The monoisotopic (exact) mass is 329 g/mol. The van der Waals surface area contributed by atoms with Crippen LogP contribution in [0.5, 0.6) is 0 Å². The van der Waals surface area contributed by atoms with Gasteiger partial charge in [-0.3, -0.25) is 0 Å². The largest absolute Gasteiger partial charge is 0.446 e. The quantitative estimate of drug-likeness (QED) is 0.915. The molecule has 0 aliphatic rings. The van der Waals surface area contributed by atoms with E-state index < -0.39 is 16.1 Å². The van der Waals surface area contributed by atoms with E-state index in [0.29, 0.717) is 5.02 Å². The van der Waals surface area contributed by atoms with Gasteiger partial charge >= 0.3 is 0 Å². The van der Waals surface area contributed by atoms with Gasteiger partial charge in [0, 0.05) is 18.1 Å². The molecule has 1 aromatic carbocycles. The highest BCUT2D eigenvalue weighted by atomic mass is 35.5. The van der Waals surface area contributed by atoms with E-state index in [4.69, 9.17) is 21.1 Å². The summed E-state index contributed by atoms with van der Waals surface area (Å²) in [5.41, 5.74) is 0.780. The first-order valence-electron chi connectivity index (χ1n) is 6.29. The van der Waals surface area contributed by atoms with Gasteiger partial charge in [-0.25, -0.2) is 8.42 Å². The number of nitrogens with zero attached hydrogens (tertiary/aromatic N) is 1. The van der Waals surface area contributed by atoms with Gasteiger partial charge in [0.15, 0.2) is 0 Å². The lowest BCUT2D eigenvalue weighted by Gasteiger charge is -2.23. The number of aliphatic hydroxyl groups excluding tert-OH is 1. The zero-order valence-corrected chi connectivity index (χ0v) is 13.2. The van der Waals surface area contributed by atoms with Crippen LogP contribution >= 0.6 is 11.6 Å². The zero-order valence-electron chi connectivity index (χ0n) is 11.7. The van der Waals surface area contributed by atoms with E-state index in [2.05, 4.69) is 0 Å². The van der Waals surface area contributed by atoms with Crippen molar-refractivity contribution in [2.45, 2.75) is 24.7 Å². The minimum absolute atomic E-state index is 0.192. The molecule has 1 aromatic heterocycles. The summed E-state index contributed by atoms with van der Waals surface area (Å²) in [4.78, 5) is 0. The maximum atomic E-state index is 12.5. The summed E-state index contributed by atoms with van der Waals surface area (Å²) < 4.78 is 31.3. The van der Waals surface area contributed by atoms with Crippen molar-refractivity contribution in [3.8, 4) is 0 Å². The van der Waals surface area contributed by atoms with Crippen LogP contribution in [0.2, 0.25) is 5.02 Å². The van der Waals surface area contributed by atoms with Crippen LogP contribution in [0.4, 0.5) is 0 Å². The minimum atomic E-state index is -3.78. The molecule has 1 N–H and O–H groups in total. The lowest BCUT2D eigenvalue weighted by atomic mass is 10.1. The Kier molecular flexibility index (Phi) is 4.73. The van der Waals surface area contributed by atoms with Gasteiger partial charge in [0.2, 0.25) is 5.09 Å². The van der Waals surface area contributed by atoms with Crippen molar-refractivity contribution in [3.63, 3.8) is 0 Å². The average molecular weight is 330 g/mol. The molecule has 0 radical (unpaired) electrons. The van der Waals surface area contributed by atoms with Crippen molar-refractivity contribution in [3.05, 3.63) is 52.7 Å². The van der Waals surface area contributed by atoms with E-state index in [9.17, 15) is 8.42 Å². The zero-order chi connectivity index (χ0) is 15.6. The molecule has 2 rings (SSSR count). The Labute approximate surface area is 128 Å². The van der Waals surface area contributed by atoms with Gasteiger partial charge in [-0.15, -0.1) is 0 Å². The topological polar surface area (TPSA) is 70.8 Å². The molecule has 1 heterocycles. The van der Waals surface area contributed by atoms with Gasteiger partial charge in [0.25, 0.3) is 10.0 Å². The van der Waals surface area contributed by atoms with Crippen LogP contribution in [-0.2, 0) is 16.6 Å². The normalized spacial score (nSPS) is 13.6. The lowest BCUT2D eigenvalue weighted by molar-refractivity contribution is 0.234. The summed E-state index contributed by atoms with van der Waals surface area (Å²) in [6.45, 7) is 1.42. The fraction of sp³-hybridized carbons (Fsp3) is 0.286. The molecule has 0 amide bonds. The molecular formula is C14H16ClNO4S. The molecule has 1 unspecified atom stereocenters. The second-order valence-electron chi connectivity index (χ2n) is 4.63. The standard InChI is InChI=1S/C14H16ClNO4S/c1-10(11-4-3-5-12(15)8-11)16(2)21(18,19)14-7-6-13(9-17)20-14/h3-8,10,17H,9H2,1-2H3. The summed E-state index contributed by atoms with van der Waals surface area (Å²) in [6.07, 6.45) is 0. The number of hydrogen-bond acceptors (Lipinski definition) is 4. The van der Waals surface area contributed by atoms with Crippen molar-refractivity contribution in [2.75, 3.05) is 7.05 Å². The van der Waals surface area contributed by atoms with E-state index in [1.807, 2.05) is 6.07 Å². The van der Waals surface area contributed by atoms with Crippen LogP contribution in [0.3, 0.4) is 0 Å². The van der Waals surface area contributed by atoms with E-state index in [1.165, 1.54) is 23.5 Å². The molecule has 0 fully saturated rings. The Morgan fingerprint density at radius 3 is 2.62 bits per heavy atom. The number of aliphatic hydroxyl groups is 1. The van der Waals surface area contributed by atoms with Crippen LogP contribution in [0, 0.1) is 0 Å². The predicted octanol–water partition coefficient (Wildman–Crippen LogP) is 2.81. The first-order valence-corrected chi connectivity index (χ1v) is 8.11. The fourth-order valence-electron chi connectivity index (χ4n) is 1.91. The van der Waals surface area contributed by atoms with Crippen LogP contribution in [0.1, 0.15) is 24.3 Å². The minimum Gasteiger partial charge on any atom is -0.446 e. The summed E-state index contributed by atoms with van der Waals surface area (Å²) in [7, 11) is -2.30. The summed E-state index contributed by atoms with van der Waals surface area (Å²) >= 11 is 5.93. The maximum absolute atomic E-state index is 12.5. The molecule has 0 saturated heterocycles. The van der Waals surface area contributed by atoms with Crippen molar-refractivity contribution in [2.24, 2.45) is 0 Å². The van der Waals surface area contributed by atoms with E-state index in [0.717, 1.165) is 5.56 Å². The molecule has 0 bridgehead atoms. The number of benzene rings is 1. The first kappa shape index (κ1) is 16.0. The molecule has 21 heavy (non-hydrogen) atoms. The molecule has 1 atom stereocenters. The predicted molar refractivity (Wildman–Crippen MR) is 79.4 cm³/mol. The SMILES string of the molecule is CC(c1cccc(Cl)c1)N(C)S(=O)(=O)c1ccc(CO)o1. The Balaban J connectivity index is 2.31. The maximum Gasteiger partial charge on any atom is 0.276 e. The van der Waals surface area contributed by atoms with E-state index in [-0.39, 0.29) is 17.5 Å². The molecule has 0 spiro atoms. The smallest absolute Gasteiger partial charge is 0.276 e. The van der Waals surface area contributed by atoms with Crippen molar-refractivity contribution in [1.82, 2.24) is 4.31 Å². The molecule has 0 saturated carbocycles. The highest BCUT2D eigenvalue weighted by Gasteiger charge is 2.29. The fourth-order valence-corrected chi connectivity index (χ4v) is 3.38. The van der Waals surface area contributed by atoms with Gasteiger partial charge in [0.05, 0.1) is 0 Å². The lowest BCUT2D eigenvalue weighted by Crippen LogP contribution is -2.29. The summed E-state index contributed by atoms with van der Waals surface area (Å²) in [5, 5.41) is 9.31. The number of hydrogen-bond donors (Lipinski definition) is 1. The number of rotatable bonds is 5. The van der Waals surface area contributed by atoms with Crippen LogP contribution in [-0.4, -0.2) is 24.9 Å². The third-order valence-electron chi connectivity index (χ3n) is 3.30. The number of furan rings is 1. The third-order valence-corrected chi connectivity index (χ3v) is 5.34. The third kappa shape index (κ3) is 3.29. The first-order chi connectivity index (χ1) is 9.86. The van der Waals surface area contributed by atoms with Gasteiger partial charge in [0.1, 0.15) is 12.4 Å². The number of halogens is 1. The van der Waals surface area contributed by atoms with Crippen molar-refractivity contribution < 1.29 is 17.9 Å². The Morgan fingerprint density at radius 2 is 2.05 bits per heavy atom. The molecular weight excluding hydrogens is 314 g/mol. The summed E-state index contributed by atoms with van der Waals surface area (Å²) in [5.74, 6) is 0.206. The van der Waals surface area contributed by atoms with Crippen molar-refractivity contribution >= 4 is 21.6 Å². The van der Waals surface area contributed by atoms with Gasteiger partial charge in [-0.1, -0.05) is 23.7 Å².